The summed E-state index contributed by atoms with van der Waals surface area (Å²) in [6, 6.07) is 0.767. The molecule has 0 bridgehead atoms. The van der Waals surface area contributed by atoms with Gasteiger partial charge in [-0.05, 0) is 33.2 Å². The first-order valence-corrected chi connectivity index (χ1v) is 7.74. The Kier molecular flexibility index (Phi) is 10.1. The summed E-state index contributed by atoms with van der Waals surface area (Å²) in [5.41, 5.74) is 0. The third-order valence-electron chi connectivity index (χ3n) is 3.64. The summed E-state index contributed by atoms with van der Waals surface area (Å²) in [5.74, 6) is -0.0154. The van der Waals surface area contributed by atoms with Gasteiger partial charge >= 0.3 is 0 Å². The van der Waals surface area contributed by atoms with Crippen molar-refractivity contribution in [1.29, 1.82) is 0 Å². The molecule has 5 nitrogen and oxygen atoms in total. The quantitative estimate of drug-likeness (QED) is 0.752. The van der Waals surface area contributed by atoms with E-state index in [2.05, 4.69) is 24.1 Å². The number of carbonyl (C=O) groups is 2. The fourth-order valence-corrected chi connectivity index (χ4v) is 2.40. The molecule has 1 saturated heterocycles. The molecule has 0 aromatic carbocycles. The van der Waals surface area contributed by atoms with E-state index >= 15 is 0 Å². The zero-order valence-corrected chi connectivity index (χ0v) is 13.7. The average Bonchev–Trinajstić information content (AvgIpc) is 2.49. The van der Waals surface area contributed by atoms with E-state index in [4.69, 9.17) is 0 Å². The highest BCUT2D eigenvalue weighted by Gasteiger charge is 2.25. The number of hydrogen-bond acceptors (Lipinski definition) is 3. The topological polar surface area (TPSA) is 52.7 Å². The molecule has 1 rings (SSSR count). The molecule has 1 atom stereocenters. The number of nitrogens with one attached hydrogen (secondary N) is 1. The summed E-state index contributed by atoms with van der Waals surface area (Å²) in [4.78, 5) is 26.6. The number of hydrogen-bond donors (Lipinski definition) is 1. The third-order valence-corrected chi connectivity index (χ3v) is 3.64. The zero-order valence-electron chi connectivity index (χ0n) is 13.7. The Labute approximate surface area is 123 Å². The average molecular weight is 285 g/mol. The van der Waals surface area contributed by atoms with Gasteiger partial charge in [-0.1, -0.05) is 13.8 Å². The minimum Gasteiger partial charge on any atom is -0.359 e. The van der Waals surface area contributed by atoms with Crippen molar-refractivity contribution in [2.75, 3.05) is 26.7 Å². The summed E-state index contributed by atoms with van der Waals surface area (Å²) in [6.07, 6.45) is 3.42. The molecule has 1 aliphatic rings. The first kappa shape index (κ1) is 18.9. The molecule has 0 aromatic heterocycles. The Morgan fingerprint density at radius 1 is 1.45 bits per heavy atom. The molecule has 118 valence electrons. The van der Waals surface area contributed by atoms with E-state index < -0.39 is 0 Å². The van der Waals surface area contributed by atoms with Crippen molar-refractivity contribution in [3.05, 3.63) is 0 Å². The minimum atomic E-state index is -0.0154. The van der Waals surface area contributed by atoms with Gasteiger partial charge in [0.15, 0.2) is 0 Å². The van der Waals surface area contributed by atoms with Gasteiger partial charge in [0.25, 0.3) is 0 Å². The Morgan fingerprint density at radius 3 is 2.60 bits per heavy atom. The highest BCUT2D eigenvalue weighted by Crippen LogP contribution is 2.17. The summed E-state index contributed by atoms with van der Waals surface area (Å²) in [5, 5.41) is 2.58. The van der Waals surface area contributed by atoms with Crippen LogP contribution in [0.3, 0.4) is 0 Å². The van der Waals surface area contributed by atoms with Gasteiger partial charge in [-0.25, -0.2) is 0 Å². The molecule has 0 spiro atoms. The van der Waals surface area contributed by atoms with E-state index in [1.165, 1.54) is 0 Å². The van der Waals surface area contributed by atoms with Crippen molar-refractivity contribution in [2.45, 2.75) is 59.0 Å². The number of carbonyl (C=O) groups excluding carboxylic acids is 2. The highest BCUT2D eigenvalue weighted by molar-refractivity contribution is 5.75. The predicted molar refractivity (Wildman–Crippen MR) is 82.5 cm³/mol. The van der Waals surface area contributed by atoms with E-state index in [1.807, 2.05) is 13.8 Å². The molecule has 2 amide bonds. The lowest BCUT2D eigenvalue weighted by Crippen LogP contribution is -2.50. The second kappa shape index (κ2) is 10.7. The normalized spacial score (nSPS) is 19.0. The van der Waals surface area contributed by atoms with Crippen LogP contribution in [0.5, 0.6) is 0 Å². The molecule has 0 saturated carbocycles. The smallest absolute Gasteiger partial charge is 0.221 e. The summed E-state index contributed by atoms with van der Waals surface area (Å²) in [6.45, 7) is 10.9. The molecular formula is C15H31N3O2. The lowest BCUT2D eigenvalue weighted by molar-refractivity contribution is -0.124. The van der Waals surface area contributed by atoms with Crippen LogP contribution in [0.1, 0.15) is 47.0 Å². The van der Waals surface area contributed by atoms with Crippen LogP contribution in [0.25, 0.3) is 0 Å². The fraction of sp³-hybridized carbons (Fsp3) is 0.867. The third kappa shape index (κ3) is 6.37. The van der Waals surface area contributed by atoms with Gasteiger partial charge in [-0.3, -0.25) is 14.5 Å². The lowest BCUT2D eigenvalue weighted by atomic mass is 10.0. The van der Waals surface area contributed by atoms with Crippen LogP contribution < -0.4 is 5.32 Å². The summed E-state index contributed by atoms with van der Waals surface area (Å²) in [7, 11) is 1.62. The molecule has 20 heavy (non-hydrogen) atoms. The van der Waals surface area contributed by atoms with Crippen molar-refractivity contribution in [2.24, 2.45) is 0 Å². The molecule has 1 fully saturated rings. The zero-order chi connectivity index (χ0) is 15.5. The Bertz CT molecular complexity index is 282. The van der Waals surface area contributed by atoms with Gasteiger partial charge in [-0.15, -0.1) is 0 Å². The van der Waals surface area contributed by atoms with E-state index in [0.717, 1.165) is 32.3 Å². The van der Waals surface area contributed by atoms with Crippen molar-refractivity contribution < 1.29 is 9.59 Å². The summed E-state index contributed by atoms with van der Waals surface area (Å²) < 4.78 is 0. The molecule has 5 heteroatoms. The number of piperidine rings is 1. The van der Waals surface area contributed by atoms with Gasteiger partial charge < -0.3 is 10.2 Å². The molecule has 1 aliphatic heterocycles. The highest BCUT2D eigenvalue weighted by atomic mass is 16.2. The van der Waals surface area contributed by atoms with Crippen molar-refractivity contribution in [3.8, 4) is 0 Å². The molecule has 0 radical (unpaired) electrons. The van der Waals surface area contributed by atoms with Crippen molar-refractivity contribution in [1.82, 2.24) is 15.1 Å². The molecular weight excluding hydrogens is 254 g/mol. The standard InChI is InChI=1S/C13H25N3O2.C2H6/c1-11(2)15-7-4-5-12(9-15)16(10-17)8-6-13(18)14-3;1-2/h10-12H,4-9H2,1-3H3,(H,14,18);1-2H3. The van der Waals surface area contributed by atoms with E-state index in [1.54, 1.807) is 11.9 Å². The number of nitrogens with zero attached hydrogens (tertiary/aromatic N) is 2. The Morgan fingerprint density at radius 2 is 2.10 bits per heavy atom. The minimum absolute atomic E-state index is 0.0154. The monoisotopic (exact) mass is 285 g/mol. The van der Waals surface area contributed by atoms with Gasteiger partial charge in [0.2, 0.25) is 12.3 Å². The maximum absolute atomic E-state index is 11.2. The van der Waals surface area contributed by atoms with E-state index in [0.29, 0.717) is 19.0 Å². The molecule has 0 aliphatic carbocycles. The van der Waals surface area contributed by atoms with Crippen LogP contribution in [0.15, 0.2) is 0 Å². The van der Waals surface area contributed by atoms with Crippen LogP contribution in [0.4, 0.5) is 0 Å². The number of likely N-dealkylation sites (tertiary alicyclic amines) is 1. The lowest BCUT2D eigenvalue weighted by Gasteiger charge is -2.39. The second-order valence-corrected chi connectivity index (χ2v) is 5.15. The van der Waals surface area contributed by atoms with Gasteiger partial charge in [0, 0.05) is 38.6 Å². The van der Waals surface area contributed by atoms with Crippen LogP contribution in [-0.4, -0.2) is 60.9 Å². The SMILES string of the molecule is CC.CNC(=O)CCN(C=O)C1CCCN(C(C)C)C1. The van der Waals surface area contributed by atoms with Crippen LogP contribution >= 0.6 is 0 Å². The molecule has 1 N–H and O–H groups in total. The van der Waals surface area contributed by atoms with E-state index in [9.17, 15) is 9.59 Å². The molecule has 0 aromatic rings. The van der Waals surface area contributed by atoms with Crippen LogP contribution in [0, 0.1) is 0 Å². The molecule has 1 unspecified atom stereocenters. The van der Waals surface area contributed by atoms with Crippen molar-refractivity contribution >= 4 is 12.3 Å². The predicted octanol–water partition coefficient (Wildman–Crippen LogP) is 1.48. The number of amides is 2. The van der Waals surface area contributed by atoms with Crippen LogP contribution in [0.2, 0.25) is 0 Å². The maximum atomic E-state index is 11.2. The first-order valence-electron chi connectivity index (χ1n) is 7.74. The first-order chi connectivity index (χ1) is 9.58. The second-order valence-electron chi connectivity index (χ2n) is 5.15. The van der Waals surface area contributed by atoms with Crippen molar-refractivity contribution in [3.63, 3.8) is 0 Å². The summed E-state index contributed by atoms with van der Waals surface area (Å²) >= 11 is 0. The Balaban J connectivity index is 0.00000172. The maximum Gasteiger partial charge on any atom is 0.221 e. The Hall–Kier alpha value is -1.10. The van der Waals surface area contributed by atoms with Crippen LogP contribution in [-0.2, 0) is 9.59 Å². The largest absolute Gasteiger partial charge is 0.359 e. The van der Waals surface area contributed by atoms with E-state index in [-0.39, 0.29) is 11.9 Å². The fourth-order valence-electron chi connectivity index (χ4n) is 2.40. The number of rotatable bonds is 6. The van der Waals surface area contributed by atoms with Gasteiger partial charge in [0.05, 0.1) is 0 Å². The van der Waals surface area contributed by atoms with Gasteiger partial charge in [-0.2, -0.15) is 0 Å². The molecule has 1 heterocycles. The van der Waals surface area contributed by atoms with Gasteiger partial charge in [0.1, 0.15) is 0 Å².